The average Bonchev–Trinajstić information content (AvgIpc) is 3.36. The Morgan fingerprint density at radius 1 is 1.17 bits per heavy atom. The molecule has 1 aliphatic rings. The number of rotatable bonds is 6. The molecule has 1 aromatic carbocycles. The van der Waals surface area contributed by atoms with Crippen LogP contribution in [0, 0.1) is 5.92 Å². The lowest BCUT2D eigenvalue weighted by Gasteiger charge is -2.23. The number of nitrogens with one attached hydrogen (secondary N) is 1. The molecule has 150 valence electrons. The number of aromatic nitrogens is 3. The third-order valence-corrected chi connectivity index (χ3v) is 6.11. The van der Waals surface area contributed by atoms with Gasteiger partial charge in [-0.1, -0.05) is 44.2 Å². The number of carbonyl (C=O) groups is 1. The van der Waals surface area contributed by atoms with Gasteiger partial charge in [-0.05, 0) is 18.9 Å². The molecular formula is C21H23N5O2S. The first-order valence-electron chi connectivity index (χ1n) is 9.59. The van der Waals surface area contributed by atoms with E-state index in [0.29, 0.717) is 18.4 Å². The van der Waals surface area contributed by atoms with Crippen LogP contribution < -0.4 is 10.2 Å². The molecule has 3 heterocycles. The van der Waals surface area contributed by atoms with E-state index in [0.717, 1.165) is 15.4 Å². The molecular weight excluding hydrogens is 386 g/mol. The van der Waals surface area contributed by atoms with Gasteiger partial charge in [-0.15, -0.1) is 11.3 Å². The Morgan fingerprint density at radius 3 is 2.72 bits per heavy atom. The highest BCUT2D eigenvalue weighted by Gasteiger charge is 2.37. The highest BCUT2D eigenvalue weighted by Crippen LogP contribution is 2.30. The van der Waals surface area contributed by atoms with Crippen LogP contribution in [0.4, 0.5) is 16.6 Å². The first kappa shape index (κ1) is 19.3. The summed E-state index contributed by atoms with van der Waals surface area (Å²) >= 11 is 1.63. The van der Waals surface area contributed by atoms with E-state index in [9.17, 15) is 4.79 Å². The lowest BCUT2D eigenvalue weighted by Crippen LogP contribution is -2.37. The molecule has 1 saturated heterocycles. The monoisotopic (exact) mass is 409 g/mol. The van der Waals surface area contributed by atoms with Gasteiger partial charge in [0.25, 0.3) is 0 Å². The fourth-order valence-corrected chi connectivity index (χ4v) is 4.13. The average molecular weight is 410 g/mol. The minimum atomic E-state index is -0.364. The zero-order valence-corrected chi connectivity index (χ0v) is 17.4. The van der Waals surface area contributed by atoms with Crippen LogP contribution in [0.15, 0.2) is 48.8 Å². The number of cyclic esters (lactones) is 1. The van der Waals surface area contributed by atoms with Crippen molar-refractivity contribution >= 4 is 29.2 Å². The van der Waals surface area contributed by atoms with Crippen molar-refractivity contribution in [3.8, 4) is 10.6 Å². The SMILES string of the molecule is CC(Nc1nccc(N2C(=O)OC[C@@H]2C(C)C)n1)c1cnc(-c2ccccc2)s1. The molecule has 2 aromatic heterocycles. The summed E-state index contributed by atoms with van der Waals surface area (Å²) in [6.07, 6.45) is 3.17. The van der Waals surface area contributed by atoms with Crippen LogP contribution in [0.25, 0.3) is 10.6 Å². The summed E-state index contributed by atoms with van der Waals surface area (Å²) in [5.74, 6) is 1.28. The van der Waals surface area contributed by atoms with Crippen molar-refractivity contribution in [2.24, 2.45) is 5.92 Å². The number of amides is 1. The van der Waals surface area contributed by atoms with Crippen LogP contribution in [0.3, 0.4) is 0 Å². The number of carbonyl (C=O) groups excluding carboxylic acids is 1. The lowest BCUT2D eigenvalue weighted by atomic mass is 10.0. The molecule has 1 fully saturated rings. The Labute approximate surface area is 173 Å². The molecule has 0 radical (unpaired) electrons. The lowest BCUT2D eigenvalue weighted by molar-refractivity contribution is 0.177. The zero-order valence-electron chi connectivity index (χ0n) is 16.6. The van der Waals surface area contributed by atoms with Crippen LogP contribution in [0.5, 0.6) is 0 Å². The van der Waals surface area contributed by atoms with Crippen LogP contribution >= 0.6 is 11.3 Å². The molecule has 0 bridgehead atoms. The van der Waals surface area contributed by atoms with Crippen molar-refractivity contribution in [2.45, 2.75) is 32.9 Å². The number of ether oxygens (including phenoxy) is 1. The molecule has 2 atom stereocenters. The van der Waals surface area contributed by atoms with Gasteiger partial charge >= 0.3 is 6.09 Å². The Kier molecular flexibility index (Phi) is 5.44. The highest BCUT2D eigenvalue weighted by molar-refractivity contribution is 7.15. The molecule has 7 nitrogen and oxygen atoms in total. The van der Waals surface area contributed by atoms with Crippen LogP contribution in [0.2, 0.25) is 0 Å². The number of nitrogens with zero attached hydrogens (tertiary/aromatic N) is 4. The summed E-state index contributed by atoms with van der Waals surface area (Å²) in [6.45, 7) is 6.55. The first-order valence-corrected chi connectivity index (χ1v) is 10.4. The van der Waals surface area contributed by atoms with E-state index >= 15 is 0 Å². The van der Waals surface area contributed by atoms with E-state index in [2.05, 4.69) is 34.1 Å². The van der Waals surface area contributed by atoms with E-state index in [1.807, 2.05) is 43.5 Å². The largest absolute Gasteiger partial charge is 0.447 e. The van der Waals surface area contributed by atoms with Gasteiger partial charge in [0.1, 0.15) is 17.4 Å². The normalized spacial score (nSPS) is 17.4. The van der Waals surface area contributed by atoms with Gasteiger partial charge in [0, 0.05) is 22.8 Å². The highest BCUT2D eigenvalue weighted by atomic mass is 32.1. The second-order valence-electron chi connectivity index (χ2n) is 7.30. The van der Waals surface area contributed by atoms with Gasteiger partial charge in [-0.2, -0.15) is 4.98 Å². The van der Waals surface area contributed by atoms with Crippen LogP contribution in [-0.2, 0) is 4.74 Å². The molecule has 3 aromatic rings. The number of hydrogen-bond acceptors (Lipinski definition) is 7. The van der Waals surface area contributed by atoms with Gasteiger partial charge in [0.15, 0.2) is 0 Å². The van der Waals surface area contributed by atoms with Crippen molar-refractivity contribution in [2.75, 3.05) is 16.8 Å². The Morgan fingerprint density at radius 2 is 1.97 bits per heavy atom. The maximum atomic E-state index is 12.2. The second kappa shape index (κ2) is 8.16. The molecule has 1 amide bonds. The summed E-state index contributed by atoms with van der Waals surface area (Å²) in [5.41, 5.74) is 1.10. The van der Waals surface area contributed by atoms with Gasteiger partial charge in [-0.3, -0.25) is 4.90 Å². The van der Waals surface area contributed by atoms with Crippen molar-refractivity contribution < 1.29 is 9.53 Å². The predicted molar refractivity (Wildman–Crippen MR) is 114 cm³/mol. The van der Waals surface area contributed by atoms with Crippen molar-refractivity contribution in [3.63, 3.8) is 0 Å². The van der Waals surface area contributed by atoms with Gasteiger partial charge in [0.2, 0.25) is 5.95 Å². The molecule has 0 saturated carbocycles. The summed E-state index contributed by atoms with van der Waals surface area (Å²) in [4.78, 5) is 28.3. The van der Waals surface area contributed by atoms with Crippen molar-refractivity contribution in [1.82, 2.24) is 15.0 Å². The van der Waals surface area contributed by atoms with Crippen molar-refractivity contribution in [3.05, 3.63) is 53.7 Å². The number of benzene rings is 1. The van der Waals surface area contributed by atoms with E-state index < -0.39 is 0 Å². The molecule has 0 spiro atoms. The zero-order chi connectivity index (χ0) is 20.4. The van der Waals surface area contributed by atoms with E-state index in [-0.39, 0.29) is 24.1 Å². The minimum absolute atomic E-state index is 0.0216. The summed E-state index contributed by atoms with van der Waals surface area (Å²) < 4.78 is 5.23. The number of anilines is 2. The Bertz CT molecular complexity index is 992. The van der Waals surface area contributed by atoms with Crippen LogP contribution in [-0.4, -0.2) is 33.7 Å². The fourth-order valence-electron chi connectivity index (χ4n) is 3.21. The van der Waals surface area contributed by atoms with Crippen LogP contribution in [0.1, 0.15) is 31.7 Å². The molecule has 0 aliphatic carbocycles. The minimum Gasteiger partial charge on any atom is -0.447 e. The maximum Gasteiger partial charge on any atom is 0.415 e. The third-order valence-electron chi connectivity index (χ3n) is 4.88. The van der Waals surface area contributed by atoms with Gasteiger partial charge in [0.05, 0.1) is 12.1 Å². The standard InChI is InChI=1S/C21H23N5O2S/c1-13(2)16-12-28-21(27)26(16)18-9-10-22-20(25-18)24-14(3)17-11-23-19(29-17)15-7-5-4-6-8-15/h4-11,13-14,16H,12H2,1-3H3,(H,22,24,25)/t14?,16-/m1/s1. The third kappa shape index (κ3) is 4.07. The van der Waals surface area contributed by atoms with E-state index in [1.54, 1.807) is 28.5 Å². The Hall–Kier alpha value is -3.00. The van der Waals surface area contributed by atoms with Gasteiger partial charge in [-0.25, -0.2) is 14.8 Å². The van der Waals surface area contributed by atoms with Gasteiger partial charge < -0.3 is 10.1 Å². The molecule has 8 heteroatoms. The molecule has 4 rings (SSSR count). The van der Waals surface area contributed by atoms with E-state index in [4.69, 9.17) is 4.74 Å². The fraction of sp³-hybridized carbons (Fsp3) is 0.333. The maximum absolute atomic E-state index is 12.2. The molecule has 1 unspecified atom stereocenters. The van der Waals surface area contributed by atoms with E-state index in [1.165, 1.54) is 0 Å². The molecule has 1 N–H and O–H groups in total. The molecule has 1 aliphatic heterocycles. The topological polar surface area (TPSA) is 80.2 Å². The quantitative estimate of drug-likeness (QED) is 0.633. The Balaban J connectivity index is 1.51. The first-order chi connectivity index (χ1) is 14.0. The number of thiazole rings is 1. The smallest absolute Gasteiger partial charge is 0.415 e. The second-order valence-corrected chi connectivity index (χ2v) is 8.36. The summed E-state index contributed by atoms with van der Waals surface area (Å²) in [5, 5.41) is 4.29. The summed E-state index contributed by atoms with van der Waals surface area (Å²) in [6, 6.07) is 11.8. The predicted octanol–water partition coefficient (Wildman–Crippen LogP) is 4.75. The van der Waals surface area contributed by atoms with Crippen molar-refractivity contribution in [1.29, 1.82) is 0 Å². The summed E-state index contributed by atoms with van der Waals surface area (Å²) in [7, 11) is 0. The molecule has 29 heavy (non-hydrogen) atoms. The number of hydrogen-bond donors (Lipinski definition) is 1.